The van der Waals surface area contributed by atoms with Crippen molar-refractivity contribution in [2.24, 2.45) is 11.5 Å². The van der Waals surface area contributed by atoms with Crippen LogP contribution in [0.4, 0.5) is 0 Å². The summed E-state index contributed by atoms with van der Waals surface area (Å²) in [5.41, 5.74) is 10.5. The number of nitrogens with one attached hydrogen (secondary N) is 1. The molecule has 6 nitrogen and oxygen atoms in total. The van der Waals surface area contributed by atoms with Crippen LogP contribution in [-0.4, -0.2) is 48.9 Å². The molecule has 0 aromatic carbocycles. The van der Waals surface area contributed by atoms with E-state index in [9.17, 15) is 9.59 Å². The first-order chi connectivity index (χ1) is 8.09. The number of piperidine rings is 1. The fourth-order valence-corrected chi connectivity index (χ4v) is 1.96. The Balaban J connectivity index is 0. The predicted octanol–water partition coefficient (Wildman–Crippen LogP) is -0.365. The molecule has 1 heterocycles. The Morgan fingerprint density at radius 3 is 2.26 bits per heavy atom. The molecule has 0 spiro atoms. The van der Waals surface area contributed by atoms with Crippen LogP contribution in [0.15, 0.2) is 0 Å². The number of rotatable bonds is 6. The molecular formula is C11H24Cl2N4O2. The molecule has 0 aromatic rings. The third-order valence-electron chi connectivity index (χ3n) is 2.93. The quantitative estimate of drug-likeness (QED) is 0.623. The van der Waals surface area contributed by atoms with Crippen LogP contribution in [0.3, 0.4) is 0 Å². The topological polar surface area (TPSA) is 101 Å². The summed E-state index contributed by atoms with van der Waals surface area (Å²) in [6, 6.07) is -0.825. The van der Waals surface area contributed by atoms with Crippen LogP contribution in [0, 0.1) is 0 Å². The summed E-state index contributed by atoms with van der Waals surface area (Å²) < 4.78 is 0. The Morgan fingerprint density at radius 1 is 1.16 bits per heavy atom. The lowest BCUT2D eigenvalue weighted by atomic mass is 10.1. The standard InChI is InChI=1S/C11H22N4O2.2ClH/c12-9(8-10(13)16)11(17)14-4-7-15-5-2-1-3-6-15;;/h9H,1-8,12H2,(H2,13,16)(H,14,17);2*1H. The molecule has 0 bridgehead atoms. The Bertz CT molecular complexity index is 273. The molecule has 1 unspecified atom stereocenters. The Morgan fingerprint density at radius 2 is 1.74 bits per heavy atom. The minimum absolute atomic E-state index is 0. The normalized spacial score (nSPS) is 16.7. The summed E-state index contributed by atoms with van der Waals surface area (Å²) in [6.07, 6.45) is 3.66. The lowest BCUT2D eigenvalue weighted by Gasteiger charge is -2.26. The van der Waals surface area contributed by atoms with Gasteiger partial charge in [0.15, 0.2) is 0 Å². The molecule has 1 fully saturated rings. The van der Waals surface area contributed by atoms with E-state index >= 15 is 0 Å². The summed E-state index contributed by atoms with van der Waals surface area (Å²) >= 11 is 0. The molecule has 1 aliphatic heterocycles. The van der Waals surface area contributed by atoms with E-state index in [1.165, 1.54) is 19.3 Å². The van der Waals surface area contributed by atoms with Crippen LogP contribution in [0.2, 0.25) is 0 Å². The number of nitrogens with zero attached hydrogens (tertiary/aromatic N) is 1. The van der Waals surface area contributed by atoms with Crippen molar-refractivity contribution in [1.29, 1.82) is 0 Å². The van der Waals surface area contributed by atoms with Gasteiger partial charge >= 0.3 is 0 Å². The highest BCUT2D eigenvalue weighted by molar-refractivity contribution is 5.87. The maximum atomic E-state index is 11.5. The minimum Gasteiger partial charge on any atom is -0.370 e. The van der Waals surface area contributed by atoms with Crippen LogP contribution < -0.4 is 16.8 Å². The van der Waals surface area contributed by atoms with Gasteiger partial charge in [-0.15, -0.1) is 24.8 Å². The largest absolute Gasteiger partial charge is 0.370 e. The lowest BCUT2D eigenvalue weighted by Crippen LogP contribution is -2.45. The zero-order valence-electron chi connectivity index (χ0n) is 11.0. The number of carbonyl (C=O) groups is 2. The van der Waals surface area contributed by atoms with Crippen molar-refractivity contribution in [1.82, 2.24) is 10.2 Å². The number of primary amides is 1. The molecule has 2 amide bonds. The van der Waals surface area contributed by atoms with E-state index in [-0.39, 0.29) is 37.1 Å². The van der Waals surface area contributed by atoms with Crippen LogP contribution in [0.1, 0.15) is 25.7 Å². The molecule has 19 heavy (non-hydrogen) atoms. The second kappa shape index (κ2) is 11.3. The van der Waals surface area contributed by atoms with Gasteiger partial charge < -0.3 is 21.7 Å². The third kappa shape index (κ3) is 9.04. The van der Waals surface area contributed by atoms with Crippen molar-refractivity contribution in [2.75, 3.05) is 26.2 Å². The van der Waals surface area contributed by atoms with Crippen LogP contribution in [-0.2, 0) is 9.59 Å². The molecule has 0 aromatic heterocycles. The number of amides is 2. The number of nitrogens with two attached hydrogens (primary N) is 2. The molecule has 114 valence electrons. The van der Waals surface area contributed by atoms with Gasteiger partial charge in [0.1, 0.15) is 0 Å². The number of likely N-dealkylation sites (tertiary alicyclic amines) is 1. The van der Waals surface area contributed by atoms with Gasteiger partial charge in [-0.1, -0.05) is 6.42 Å². The minimum atomic E-state index is -0.825. The zero-order chi connectivity index (χ0) is 12.7. The molecule has 5 N–H and O–H groups in total. The summed E-state index contributed by atoms with van der Waals surface area (Å²) in [5.74, 6) is -0.857. The van der Waals surface area contributed by atoms with Gasteiger partial charge in [0.2, 0.25) is 11.8 Å². The second-order valence-electron chi connectivity index (χ2n) is 4.47. The van der Waals surface area contributed by atoms with Crippen molar-refractivity contribution >= 4 is 36.6 Å². The Hall–Kier alpha value is -0.560. The van der Waals surface area contributed by atoms with Gasteiger partial charge in [-0.05, 0) is 25.9 Å². The number of hydrogen-bond donors (Lipinski definition) is 3. The molecular weight excluding hydrogens is 291 g/mol. The average Bonchev–Trinajstić information content (AvgIpc) is 2.29. The maximum Gasteiger partial charge on any atom is 0.237 e. The van der Waals surface area contributed by atoms with E-state index < -0.39 is 11.9 Å². The first-order valence-electron chi connectivity index (χ1n) is 6.13. The fourth-order valence-electron chi connectivity index (χ4n) is 1.96. The number of hydrogen-bond acceptors (Lipinski definition) is 4. The molecule has 1 atom stereocenters. The second-order valence-corrected chi connectivity index (χ2v) is 4.47. The highest BCUT2D eigenvalue weighted by atomic mass is 35.5. The van der Waals surface area contributed by atoms with Gasteiger partial charge in [-0.3, -0.25) is 9.59 Å². The summed E-state index contributed by atoms with van der Waals surface area (Å²) in [7, 11) is 0. The first-order valence-corrected chi connectivity index (χ1v) is 6.13. The Labute approximate surface area is 126 Å². The number of carbonyl (C=O) groups excluding carboxylic acids is 2. The van der Waals surface area contributed by atoms with E-state index in [1.807, 2.05) is 0 Å². The highest BCUT2D eigenvalue weighted by Crippen LogP contribution is 2.07. The Kier molecular flexibility index (Phi) is 12.3. The van der Waals surface area contributed by atoms with Gasteiger partial charge in [0.05, 0.1) is 12.5 Å². The molecule has 1 rings (SSSR count). The molecule has 1 saturated heterocycles. The molecule has 0 saturated carbocycles. The lowest BCUT2D eigenvalue weighted by molar-refractivity contribution is -0.126. The predicted molar refractivity (Wildman–Crippen MR) is 79.6 cm³/mol. The fraction of sp³-hybridized carbons (Fsp3) is 0.818. The number of halogens is 2. The average molecular weight is 315 g/mol. The molecule has 0 radical (unpaired) electrons. The third-order valence-corrected chi connectivity index (χ3v) is 2.93. The van der Waals surface area contributed by atoms with Crippen molar-refractivity contribution in [3.63, 3.8) is 0 Å². The monoisotopic (exact) mass is 314 g/mol. The van der Waals surface area contributed by atoms with Crippen LogP contribution in [0.25, 0.3) is 0 Å². The SMILES string of the molecule is Cl.Cl.NC(=O)CC(N)C(=O)NCCN1CCCCC1. The summed E-state index contributed by atoms with van der Waals surface area (Å²) in [6.45, 7) is 3.62. The van der Waals surface area contributed by atoms with E-state index in [4.69, 9.17) is 11.5 Å². The van der Waals surface area contributed by atoms with Crippen molar-refractivity contribution in [2.45, 2.75) is 31.7 Å². The van der Waals surface area contributed by atoms with Gasteiger partial charge in [0, 0.05) is 13.1 Å². The zero-order valence-corrected chi connectivity index (χ0v) is 12.6. The summed E-state index contributed by atoms with van der Waals surface area (Å²) in [4.78, 5) is 24.4. The maximum absolute atomic E-state index is 11.5. The van der Waals surface area contributed by atoms with Crippen LogP contribution in [0.5, 0.6) is 0 Å². The summed E-state index contributed by atoms with van der Waals surface area (Å²) in [5, 5.41) is 2.72. The van der Waals surface area contributed by atoms with Crippen LogP contribution >= 0.6 is 24.8 Å². The highest BCUT2D eigenvalue weighted by Gasteiger charge is 2.16. The first kappa shape index (κ1) is 20.8. The van der Waals surface area contributed by atoms with Crippen molar-refractivity contribution < 1.29 is 9.59 Å². The smallest absolute Gasteiger partial charge is 0.237 e. The van der Waals surface area contributed by atoms with Gasteiger partial charge in [-0.2, -0.15) is 0 Å². The van der Waals surface area contributed by atoms with E-state index in [2.05, 4.69) is 10.2 Å². The molecule has 1 aliphatic rings. The van der Waals surface area contributed by atoms with Gasteiger partial charge in [-0.25, -0.2) is 0 Å². The van der Waals surface area contributed by atoms with E-state index in [0.717, 1.165) is 19.6 Å². The molecule has 0 aliphatic carbocycles. The van der Waals surface area contributed by atoms with Crippen molar-refractivity contribution in [3.8, 4) is 0 Å². The van der Waals surface area contributed by atoms with E-state index in [1.54, 1.807) is 0 Å². The van der Waals surface area contributed by atoms with Crippen molar-refractivity contribution in [3.05, 3.63) is 0 Å². The van der Waals surface area contributed by atoms with Gasteiger partial charge in [0.25, 0.3) is 0 Å². The van der Waals surface area contributed by atoms with E-state index in [0.29, 0.717) is 6.54 Å². The molecule has 8 heteroatoms.